The van der Waals surface area contributed by atoms with Gasteiger partial charge < -0.3 is 4.79 Å². The molecular formula is C15H23F7O2Si. The van der Waals surface area contributed by atoms with E-state index in [1.54, 1.807) is 41.5 Å². The fourth-order valence-corrected chi connectivity index (χ4v) is 10.3. The predicted octanol–water partition coefficient (Wildman–Crippen LogP) is 5.57. The van der Waals surface area contributed by atoms with Crippen molar-refractivity contribution in [1.82, 2.24) is 0 Å². The van der Waals surface area contributed by atoms with Crippen LogP contribution in [0.2, 0.25) is 16.6 Å². The molecule has 0 fully saturated rings. The second-order valence-electron chi connectivity index (χ2n) is 7.07. The Labute approximate surface area is 143 Å². The van der Waals surface area contributed by atoms with Crippen molar-refractivity contribution in [1.29, 1.82) is 0 Å². The molecule has 148 valence electrons. The first kappa shape index (κ1) is 24.1. The predicted molar refractivity (Wildman–Crippen MR) is 81.6 cm³/mol. The van der Waals surface area contributed by atoms with Crippen molar-refractivity contribution < 1.29 is 40.3 Å². The Morgan fingerprint density at radius 3 is 1.20 bits per heavy atom. The van der Waals surface area contributed by atoms with E-state index in [4.69, 9.17) is 0 Å². The van der Waals surface area contributed by atoms with E-state index in [2.05, 4.69) is 0 Å². The van der Waals surface area contributed by atoms with Gasteiger partial charge in [0.05, 0.1) is 6.42 Å². The van der Waals surface area contributed by atoms with E-state index in [1.165, 1.54) is 0 Å². The van der Waals surface area contributed by atoms with Crippen LogP contribution in [0.5, 0.6) is 0 Å². The number of alkyl halides is 7. The highest BCUT2D eigenvalue weighted by Gasteiger charge is 2.77. The van der Waals surface area contributed by atoms with Gasteiger partial charge in [0.25, 0.3) is 0 Å². The lowest BCUT2D eigenvalue weighted by atomic mass is 9.97. The van der Waals surface area contributed by atoms with Crippen molar-refractivity contribution in [2.75, 3.05) is 0 Å². The number of hydrogen-bond acceptors (Lipinski definition) is 2. The Balaban J connectivity index is 6.06. The van der Waals surface area contributed by atoms with E-state index in [-0.39, 0.29) is 16.6 Å². The molecule has 0 aliphatic rings. The van der Waals surface area contributed by atoms with Gasteiger partial charge in [-0.1, -0.05) is 41.5 Å². The summed E-state index contributed by atoms with van der Waals surface area (Å²) in [6.45, 7) is 9.86. The van der Waals surface area contributed by atoms with Crippen LogP contribution in [-0.2, 0) is 9.59 Å². The normalized spacial score (nSPS) is 14.6. The van der Waals surface area contributed by atoms with Gasteiger partial charge in [0.2, 0.25) is 0 Å². The van der Waals surface area contributed by atoms with Crippen LogP contribution in [0.25, 0.3) is 0 Å². The Morgan fingerprint density at radius 1 is 0.720 bits per heavy atom. The molecule has 0 amide bonds. The lowest BCUT2D eigenvalue weighted by Crippen LogP contribution is -2.61. The summed E-state index contributed by atoms with van der Waals surface area (Å²) in [6, 6.07) is 0. The molecule has 0 bridgehead atoms. The second kappa shape index (κ2) is 7.36. The standard InChI is InChI=1S/C15H23F7O2Si/c1-8(2)25(9(3)4,10(5)6)12(24)7-11(23)13(16,14(17,18)19)15(20,21)22/h8-10H,7H2,1-6H3. The molecule has 0 saturated heterocycles. The van der Waals surface area contributed by atoms with Crippen LogP contribution < -0.4 is 0 Å². The molecule has 0 saturated carbocycles. The van der Waals surface area contributed by atoms with Gasteiger partial charge in [-0.3, -0.25) is 4.79 Å². The molecule has 0 aliphatic carbocycles. The van der Waals surface area contributed by atoms with Gasteiger partial charge in [0.15, 0.2) is 5.78 Å². The lowest BCUT2D eigenvalue weighted by molar-refractivity contribution is -0.324. The maximum atomic E-state index is 13.8. The van der Waals surface area contributed by atoms with Crippen molar-refractivity contribution >= 4 is 19.3 Å². The smallest absolute Gasteiger partial charge is 0.305 e. The summed E-state index contributed by atoms with van der Waals surface area (Å²) >= 11 is 0. The van der Waals surface area contributed by atoms with E-state index >= 15 is 0 Å². The molecule has 0 aliphatic heterocycles. The van der Waals surface area contributed by atoms with Gasteiger partial charge in [-0.15, -0.1) is 0 Å². The third kappa shape index (κ3) is 3.93. The third-order valence-corrected chi connectivity index (χ3v) is 11.7. The van der Waals surface area contributed by atoms with Gasteiger partial charge in [-0.25, -0.2) is 4.39 Å². The van der Waals surface area contributed by atoms with Gasteiger partial charge in [0.1, 0.15) is 13.5 Å². The topological polar surface area (TPSA) is 34.1 Å². The number of Topliss-reactive ketones (excluding diaryl/α,β-unsaturated/α-hetero) is 1. The molecule has 0 spiro atoms. The minimum absolute atomic E-state index is 0.335. The summed E-state index contributed by atoms with van der Waals surface area (Å²) < 4.78 is 89.8. The Kier molecular flexibility index (Phi) is 7.08. The SMILES string of the molecule is CC(C)[Si](C(=O)CC(=O)C(F)(C(F)(F)F)C(F)(F)F)(C(C)C)C(C)C. The summed E-state index contributed by atoms with van der Waals surface area (Å²) in [4.78, 5) is 24.3. The molecule has 0 rings (SSSR count). The highest BCUT2D eigenvalue weighted by atomic mass is 28.3. The molecule has 0 aromatic rings. The Hall–Kier alpha value is -0.933. The van der Waals surface area contributed by atoms with E-state index < -0.39 is 43.7 Å². The number of carbonyl (C=O) groups excluding carboxylic acids is 2. The zero-order valence-electron chi connectivity index (χ0n) is 14.9. The van der Waals surface area contributed by atoms with Crippen LogP contribution in [0.3, 0.4) is 0 Å². The van der Waals surface area contributed by atoms with Crippen LogP contribution >= 0.6 is 0 Å². The third-order valence-electron chi connectivity index (χ3n) is 4.84. The highest BCUT2D eigenvalue weighted by molar-refractivity contribution is 7.09. The molecular weight excluding hydrogens is 373 g/mol. The number of hydrogen-bond donors (Lipinski definition) is 0. The quantitative estimate of drug-likeness (QED) is 0.320. The second-order valence-corrected chi connectivity index (χ2v) is 13.0. The molecule has 25 heavy (non-hydrogen) atoms. The van der Waals surface area contributed by atoms with E-state index in [9.17, 15) is 40.3 Å². The average molecular weight is 396 g/mol. The lowest BCUT2D eigenvalue weighted by Gasteiger charge is -2.41. The van der Waals surface area contributed by atoms with Crippen LogP contribution in [0.15, 0.2) is 0 Å². The molecule has 10 heteroatoms. The van der Waals surface area contributed by atoms with Crippen molar-refractivity contribution in [2.24, 2.45) is 0 Å². The highest BCUT2D eigenvalue weighted by Crippen LogP contribution is 2.49. The van der Waals surface area contributed by atoms with Crippen LogP contribution in [0, 0.1) is 0 Å². The van der Waals surface area contributed by atoms with Crippen molar-refractivity contribution in [3.63, 3.8) is 0 Å². The van der Waals surface area contributed by atoms with E-state index in [1.807, 2.05) is 0 Å². The zero-order chi connectivity index (χ0) is 20.6. The maximum absolute atomic E-state index is 13.8. The molecule has 0 aromatic carbocycles. The average Bonchev–Trinajstić information content (AvgIpc) is 2.33. The van der Waals surface area contributed by atoms with Gasteiger partial charge in [-0.05, 0) is 16.6 Å². The summed E-state index contributed by atoms with van der Waals surface area (Å²) in [6.07, 6.45) is -14.7. The molecule has 0 radical (unpaired) electrons. The summed E-state index contributed by atoms with van der Waals surface area (Å²) in [7, 11) is -3.15. The number of carbonyl (C=O) groups is 2. The monoisotopic (exact) mass is 396 g/mol. The van der Waals surface area contributed by atoms with Crippen molar-refractivity contribution in [2.45, 2.75) is 82.6 Å². The first-order valence-corrected chi connectivity index (χ1v) is 10.0. The first-order chi connectivity index (χ1) is 10.9. The van der Waals surface area contributed by atoms with Crippen molar-refractivity contribution in [3.05, 3.63) is 0 Å². The number of ketones is 1. The molecule has 0 unspecified atom stereocenters. The number of rotatable bonds is 7. The maximum Gasteiger partial charge on any atom is 0.439 e. The minimum atomic E-state index is -6.49. The Bertz CT molecular complexity index is 459. The largest absolute Gasteiger partial charge is 0.439 e. The van der Waals surface area contributed by atoms with E-state index in [0.717, 1.165) is 0 Å². The Morgan fingerprint density at radius 2 is 1.00 bits per heavy atom. The van der Waals surface area contributed by atoms with Gasteiger partial charge in [-0.2, -0.15) is 26.3 Å². The molecule has 0 aromatic heterocycles. The van der Waals surface area contributed by atoms with Gasteiger partial charge >= 0.3 is 18.0 Å². The summed E-state index contributed by atoms with van der Waals surface area (Å²) in [5, 5.41) is -0.979. The van der Waals surface area contributed by atoms with Crippen LogP contribution in [-0.4, -0.2) is 37.3 Å². The fraction of sp³-hybridized carbons (Fsp3) is 0.867. The van der Waals surface area contributed by atoms with Crippen LogP contribution in [0.4, 0.5) is 30.7 Å². The van der Waals surface area contributed by atoms with Crippen LogP contribution in [0.1, 0.15) is 48.0 Å². The minimum Gasteiger partial charge on any atom is -0.305 e. The number of halogens is 7. The molecule has 2 nitrogen and oxygen atoms in total. The van der Waals surface area contributed by atoms with Gasteiger partial charge in [0, 0.05) is 0 Å². The first-order valence-electron chi connectivity index (χ1n) is 7.77. The summed E-state index contributed by atoms with van der Waals surface area (Å²) in [5.74, 6) is -2.80. The van der Waals surface area contributed by atoms with Crippen molar-refractivity contribution in [3.8, 4) is 0 Å². The molecule has 0 heterocycles. The van der Waals surface area contributed by atoms with E-state index in [0.29, 0.717) is 0 Å². The molecule has 0 N–H and O–H groups in total. The fourth-order valence-electron chi connectivity index (χ4n) is 3.86. The summed E-state index contributed by atoms with van der Waals surface area (Å²) in [5.41, 5.74) is -7.04. The molecule has 0 atom stereocenters. The zero-order valence-corrected chi connectivity index (χ0v) is 15.9.